The van der Waals surface area contributed by atoms with E-state index in [1.807, 2.05) is 54.6 Å². The van der Waals surface area contributed by atoms with Gasteiger partial charge in [-0.25, -0.2) is 4.79 Å². The summed E-state index contributed by atoms with van der Waals surface area (Å²) >= 11 is 0. The molecule has 1 heterocycles. The number of methoxy groups -OCH3 is 1. The molecule has 0 saturated carbocycles. The minimum absolute atomic E-state index is 0. The minimum Gasteiger partial charge on any atom is -0.472 e. The van der Waals surface area contributed by atoms with E-state index in [0.29, 0.717) is 12.3 Å². The zero-order chi connectivity index (χ0) is 22.9. The van der Waals surface area contributed by atoms with Gasteiger partial charge in [-0.3, -0.25) is 9.80 Å². The predicted molar refractivity (Wildman–Crippen MR) is 138 cm³/mol. The number of benzene rings is 2. The summed E-state index contributed by atoms with van der Waals surface area (Å²) in [5.41, 5.74) is 2.53. The maximum absolute atomic E-state index is 11.9. The van der Waals surface area contributed by atoms with Crippen molar-refractivity contribution in [2.45, 2.75) is 19.3 Å². The van der Waals surface area contributed by atoms with Crippen LogP contribution in [0.4, 0.5) is 0 Å². The fourth-order valence-electron chi connectivity index (χ4n) is 3.84. The van der Waals surface area contributed by atoms with Crippen molar-refractivity contribution in [2.75, 3.05) is 46.4 Å². The number of halogens is 2. The third-order valence-corrected chi connectivity index (χ3v) is 5.57. The molecular formula is C25H34Cl2N2O5. The number of hydrogen-bond acceptors (Lipinski definition) is 7. The van der Waals surface area contributed by atoms with Gasteiger partial charge in [-0.1, -0.05) is 42.5 Å². The lowest BCUT2D eigenvalue weighted by molar-refractivity contribution is -0.134. The van der Waals surface area contributed by atoms with Gasteiger partial charge in [0.25, 0.3) is 0 Å². The summed E-state index contributed by atoms with van der Waals surface area (Å²) < 4.78 is 11.0. The SMILES string of the molecule is COC(=O)C=C(c1ccccc1)c1ccc(OC(C(C)O)N2CCN(CCO)CC2)cc1.Cl.Cl. The zero-order valence-electron chi connectivity index (χ0n) is 19.5. The van der Waals surface area contributed by atoms with Crippen molar-refractivity contribution in [1.82, 2.24) is 9.80 Å². The van der Waals surface area contributed by atoms with E-state index in [0.717, 1.165) is 42.9 Å². The molecular weight excluding hydrogens is 479 g/mol. The molecule has 9 heteroatoms. The number of hydrogen-bond donors (Lipinski definition) is 2. The Bertz CT molecular complexity index is 886. The maximum Gasteiger partial charge on any atom is 0.331 e. The molecule has 2 unspecified atom stereocenters. The molecule has 2 aromatic rings. The van der Waals surface area contributed by atoms with E-state index in [9.17, 15) is 9.90 Å². The average Bonchev–Trinajstić information content (AvgIpc) is 2.82. The molecule has 1 aliphatic rings. The molecule has 0 amide bonds. The fourth-order valence-corrected chi connectivity index (χ4v) is 3.84. The van der Waals surface area contributed by atoms with Gasteiger partial charge in [-0.2, -0.15) is 0 Å². The molecule has 2 N–H and O–H groups in total. The summed E-state index contributed by atoms with van der Waals surface area (Å²) in [6.45, 7) is 5.71. The molecule has 3 rings (SSSR count). The van der Waals surface area contributed by atoms with Crippen LogP contribution < -0.4 is 4.74 Å². The van der Waals surface area contributed by atoms with Gasteiger partial charge in [0.15, 0.2) is 6.23 Å². The van der Waals surface area contributed by atoms with Crippen LogP contribution in [-0.2, 0) is 9.53 Å². The molecule has 0 spiro atoms. The lowest BCUT2D eigenvalue weighted by Gasteiger charge is -2.39. The Kier molecular flexibility index (Phi) is 13.2. The second-order valence-electron chi connectivity index (χ2n) is 7.82. The molecule has 188 valence electrons. The number of aliphatic hydroxyl groups excluding tert-OH is 2. The second-order valence-corrected chi connectivity index (χ2v) is 7.82. The number of ether oxygens (including phenoxy) is 2. The highest BCUT2D eigenvalue weighted by Gasteiger charge is 2.28. The minimum atomic E-state index is -0.668. The van der Waals surface area contributed by atoms with E-state index in [4.69, 9.17) is 14.6 Å². The Hall–Kier alpha value is -2.13. The molecule has 0 radical (unpaired) electrons. The summed E-state index contributed by atoms with van der Waals surface area (Å²) in [5.74, 6) is 0.224. The number of aliphatic hydroxyl groups is 2. The Morgan fingerprint density at radius 1 is 1.00 bits per heavy atom. The number of carbonyl (C=O) groups excluding carboxylic acids is 1. The van der Waals surface area contributed by atoms with Gasteiger partial charge in [0.05, 0.1) is 13.7 Å². The van der Waals surface area contributed by atoms with Gasteiger partial charge in [0.1, 0.15) is 11.9 Å². The maximum atomic E-state index is 11.9. The molecule has 2 aromatic carbocycles. The van der Waals surface area contributed by atoms with Crippen molar-refractivity contribution in [3.63, 3.8) is 0 Å². The van der Waals surface area contributed by atoms with Crippen molar-refractivity contribution in [1.29, 1.82) is 0 Å². The number of nitrogens with zero attached hydrogens (tertiary/aromatic N) is 2. The van der Waals surface area contributed by atoms with Crippen LogP contribution in [0, 0.1) is 0 Å². The molecule has 0 bridgehead atoms. The van der Waals surface area contributed by atoms with Crippen LogP contribution in [0.5, 0.6) is 5.75 Å². The van der Waals surface area contributed by atoms with E-state index in [2.05, 4.69) is 9.80 Å². The number of rotatable bonds is 9. The molecule has 34 heavy (non-hydrogen) atoms. The lowest BCUT2D eigenvalue weighted by Crippen LogP contribution is -2.55. The van der Waals surface area contributed by atoms with Crippen molar-refractivity contribution in [3.05, 3.63) is 71.8 Å². The van der Waals surface area contributed by atoms with Crippen LogP contribution in [0.2, 0.25) is 0 Å². The monoisotopic (exact) mass is 512 g/mol. The predicted octanol–water partition coefficient (Wildman–Crippen LogP) is 2.83. The van der Waals surface area contributed by atoms with Crippen LogP contribution in [0.3, 0.4) is 0 Å². The zero-order valence-corrected chi connectivity index (χ0v) is 21.1. The molecule has 0 aliphatic carbocycles. The van der Waals surface area contributed by atoms with Gasteiger partial charge in [-0.05, 0) is 35.8 Å². The number of piperazine rings is 1. The van der Waals surface area contributed by atoms with E-state index in [-0.39, 0.29) is 31.4 Å². The molecule has 7 nitrogen and oxygen atoms in total. The smallest absolute Gasteiger partial charge is 0.331 e. The highest BCUT2D eigenvalue weighted by atomic mass is 35.5. The first-order valence-electron chi connectivity index (χ1n) is 10.9. The largest absolute Gasteiger partial charge is 0.472 e. The number of carbonyl (C=O) groups is 1. The Labute approximate surface area is 213 Å². The summed E-state index contributed by atoms with van der Waals surface area (Å²) in [6.07, 6.45) is 0.352. The molecule has 1 saturated heterocycles. The van der Waals surface area contributed by atoms with Crippen molar-refractivity contribution in [2.24, 2.45) is 0 Å². The quantitative estimate of drug-likeness (QED) is 0.394. The summed E-state index contributed by atoms with van der Waals surface area (Å²) in [6, 6.07) is 17.2. The third kappa shape index (κ3) is 8.27. The highest BCUT2D eigenvalue weighted by Crippen LogP contribution is 2.26. The topological polar surface area (TPSA) is 82.5 Å². The normalized spacial score (nSPS) is 16.5. The first-order chi connectivity index (χ1) is 15.5. The summed E-state index contributed by atoms with van der Waals surface area (Å²) in [4.78, 5) is 16.2. The first-order valence-corrected chi connectivity index (χ1v) is 10.9. The van der Waals surface area contributed by atoms with Crippen molar-refractivity contribution in [3.8, 4) is 5.75 Å². The summed E-state index contributed by atoms with van der Waals surface area (Å²) in [7, 11) is 1.36. The van der Waals surface area contributed by atoms with Gasteiger partial charge in [0, 0.05) is 38.8 Å². The molecule has 2 atom stereocenters. The molecule has 1 aliphatic heterocycles. The van der Waals surface area contributed by atoms with Crippen LogP contribution in [0.15, 0.2) is 60.7 Å². The van der Waals surface area contributed by atoms with Crippen molar-refractivity contribution < 1.29 is 24.5 Å². The van der Waals surface area contributed by atoms with Gasteiger partial charge in [-0.15, -0.1) is 24.8 Å². The highest BCUT2D eigenvalue weighted by molar-refractivity contribution is 5.96. The number of β-amino-alcohol motifs (C(OH)–C–C–N with tert-alkyl or cyclic N) is 1. The second kappa shape index (κ2) is 15.0. The molecule has 1 fully saturated rings. The van der Waals surface area contributed by atoms with E-state index >= 15 is 0 Å². The average molecular weight is 513 g/mol. The van der Waals surface area contributed by atoms with Gasteiger partial charge >= 0.3 is 5.97 Å². The van der Waals surface area contributed by atoms with Crippen LogP contribution in [0.1, 0.15) is 18.1 Å². The van der Waals surface area contributed by atoms with E-state index in [1.54, 1.807) is 6.92 Å². The lowest BCUT2D eigenvalue weighted by atomic mass is 9.97. The third-order valence-electron chi connectivity index (χ3n) is 5.57. The molecule has 0 aromatic heterocycles. The standard InChI is InChI=1S/C25H32N2O5.2ClH/c1-19(29)25(27-14-12-26(13-15-27)16-17-28)32-22-10-8-21(9-11-22)23(18-24(30)31-2)20-6-4-3-5-7-20;;/h3-11,18-19,25,28-29H,12-17H2,1-2H3;2*1H. The van der Waals surface area contributed by atoms with Crippen LogP contribution in [0.25, 0.3) is 5.57 Å². The van der Waals surface area contributed by atoms with Gasteiger partial charge < -0.3 is 19.7 Å². The van der Waals surface area contributed by atoms with E-state index in [1.165, 1.54) is 13.2 Å². The Balaban J connectivity index is 0.00000289. The van der Waals surface area contributed by atoms with Crippen molar-refractivity contribution >= 4 is 36.4 Å². The first kappa shape index (κ1) is 29.9. The number of esters is 1. The summed E-state index contributed by atoms with van der Waals surface area (Å²) in [5, 5.41) is 19.5. The van der Waals surface area contributed by atoms with Gasteiger partial charge in [0.2, 0.25) is 0 Å². The Morgan fingerprint density at radius 2 is 1.59 bits per heavy atom. The van der Waals surface area contributed by atoms with E-state index < -0.39 is 18.3 Å². The fraction of sp³-hybridized carbons (Fsp3) is 0.400. The van der Waals surface area contributed by atoms with Crippen LogP contribution in [-0.4, -0.2) is 84.8 Å². The Morgan fingerprint density at radius 3 is 2.12 bits per heavy atom. The van der Waals surface area contributed by atoms with Crippen LogP contribution >= 0.6 is 24.8 Å².